The number of nitrogens with one attached hydrogen (secondary N) is 1. The van der Waals surface area contributed by atoms with Crippen molar-refractivity contribution >= 4 is 11.6 Å². The van der Waals surface area contributed by atoms with E-state index in [9.17, 15) is 4.79 Å². The van der Waals surface area contributed by atoms with Gasteiger partial charge in [0.2, 0.25) is 5.91 Å². The minimum Gasteiger partial charge on any atom is -0.497 e. The van der Waals surface area contributed by atoms with E-state index in [2.05, 4.69) is 54.2 Å². The van der Waals surface area contributed by atoms with Crippen molar-refractivity contribution in [3.8, 4) is 5.75 Å². The summed E-state index contributed by atoms with van der Waals surface area (Å²) in [5.41, 5.74) is 6.84. The first kappa shape index (κ1) is 27.7. The van der Waals surface area contributed by atoms with Crippen molar-refractivity contribution in [2.75, 3.05) is 45.7 Å². The van der Waals surface area contributed by atoms with Gasteiger partial charge in [-0.25, -0.2) is 0 Å². The molecule has 3 aliphatic rings. The van der Waals surface area contributed by atoms with Gasteiger partial charge in [-0.1, -0.05) is 51.0 Å². The molecule has 2 aromatic carbocycles. The van der Waals surface area contributed by atoms with E-state index >= 15 is 0 Å². The van der Waals surface area contributed by atoms with Crippen LogP contribution >= 0.6 is 0 Å². The molecular formula is C32H47N3O2. The Balaban J connectivity index is 0.000000176. The molecule has 2 bridgehead atoms. The largest absolute Gasteiger partial charge is 0.497 e. The number of likely N-dealkylation sites (N-methyl/N-ethyl adjacent to an activating group) is 2. The van der Waals surface area contributed by atoms with E-state index in [4.69, 9.17) is 4.74 Å². The van der Waals surface area contributed by atoms with Crippen LogP contribution < -0.4 is 10.1 Å². The number of ether oxygens (including phenoxy) is 1. The average molecular weight is 506 g/mol. The summed E-state index contributed by atoms with van der Waals surface area (Å²) in [6.45, 7) is 11.7. The highest BCUT2D eigenvalue weighted by Gasteiger charge is 2.53. The second-order valence-corrected chi connectivity index (χ2v) is 11.3. The molecule has 3 atom stereocenters. The molecule has 37 heavy (non-hydrogen) atoms. The van der Waals surface area contributed by atoms with Crippen LogP contribution in [0.4, 0.5) is 5.69 Å². The van der Waals surface area contributed by atoms with Crippen molar-refractivity contribution in [2.24, 2.45) is 5.92 Å². The van der Waals surface area contributed by atoms with Crippen molar-refractivity contribution in [2.45, 2.75) is 77.7 Å². The SMILES string of the molecule is CCN(CC)CC(=O)Nc1c(C)cccc1C.COc1ccc2c(c1)[C@@]13CCCC[C@@H]1[C@@H](C2)N(C)CC3. The number of piperidine rings is 1. The summed E-state index contributed by atoms with van der Waals surface area (Å²) in [5.74, 6) is 1.97. The van der Waals surface area contributed by atoms with Gasteiger partial charge in [-0.3, -0.25) is 9.69 Å². The number of methoxy groups -OCH3 is 1. The van der Waals surface area contributed by atoms with Gasteiger partial charge in [-0.2, -0.15) is 0 Å². The summed E-state index contributed by atoms with van der Waals surface area (Å²) in [5, 5.41) is 3.00. The molecule has 2 aromatic rings. The van der Waals surface area contributed by atoms with Gasteiger partial charge < -0.3 is 15.0 Å². The Morgan fingerprint density at radius 2 is 1.84 bits per heavy atom. The maximum atomic E-state index is 11.9. The number of para-hydroxylation sites is 1. The lowest BCUT2D eigenvalue weighted by atomic mass is 9.52. The van der Waals surface area contributed by atoms with Crippen molar-refractivity contribution in [1.29, 1.82) is 0 Å². The molecule has 2 fully saturated rings. The lowest BCUT2D eigenvalue weighted by Gasteiger charge is -2.58. The van der Waals surface area contributed by atoms with Gasteiger partial charge in [0.25, 0.3) is 0 Å². The predicted octanol–water partition coefficient (Wildman–Crippen LogP) is 5.97. The van der Waals surface area contributed by atoms with Crippen LogP contribution in [0.2, 0.25) is 0 Å². The van der Waals surface area contributed by atoms with Crippen LogP contribution in [0.25, 0.3) is 0 Å². The first-order valence-electron chi connectivity index (χ1n) is 14.3. The summed E-state index contributed by atoms with van der Waals surface area (Å²) >= 11 is 0. The minimum absolute atomic E-state index is 0.0612. The molecule has 5 rings (SSSR count). The number of anilines is 1. The van der Waals surface area contributed by atoms with E-state index in [-0.39, 0.29) is 5.91 Å². The maximum absolute atomic E-state index is 11.9. The molecule has 0 aromatic heterocycles. The van der Waals surface area contributed by atoms with Crippen molar-refractivity contribution in [3.05, 3.63) is 58.7 Å². The number of aryl methyl sites for hydroxylation is 2. The second kappa shape index (κ2) is 12.0. The third-order valence-corrected chi connectivity index (χ3v) is 9.33. The highest BCUT2D eigenvalue weighted by atomic mass is 16.5. The summed E-state index contributed by atoms with van der Waals surface area (Å²) in [7, 11) is 4.12. The number of carbonyl (C=O) groups is 1. The number of hydrogen-bond donors (Lipinski definition) is 1. The first-order valence-corrected chi connectivity index (χ1v) is 14.3. The van der Waals surface area contributed by atoms with E-state index in [1.165, 1.54) is 45.1 Å². The summed E-state index contributed by atoms with van der Waals surface area (Å²) in [6, 6.07) is 13.6. The van der Waals surface area contributed by atoms with Crippen LogP contribution in [0.3, 0.4) is 0 Å². The van der Waals surface area contributed by atoms with Gasteiger partial charge in [-0.05, 0) is 107 Å². The molecule has 5 heteroatoms. The van der Waals surface area contributed by atoms with Gasteiger partial charge in [-0.15, -0.1) is 0 Å². The quantitative estimate of drug-likeness (QED) is 0.526. The zero-order chi connectivity index (χ0) is 26.6. The molecule has 2 aliphatic carbocycles. The number of nitrogens with zero attached hydrogens (tertiary/aromatic N) is 2. The molecule has 1 saturated carbocycles. The molecule has 0 spiro atoms. The van der Waals surface area contributed by atoms with Crippen molar-refractivity contribution in [3.63, 3.8) is 0 Å². The molecule has 1 aliphatic heterocycles. The topological polar surface area (TPSA) is 44.8 Å². The Labute approximate surface area is 224 Å². The molecule has 1 saturated heterocycles. The van der Waals surface area contributed by atoms with Gasteiger partial charge in [0.15, 0.2) is 0 Å². The number of fused-ring (bicyclic) bond motifs is 1. The highest BCUT2D eigenvalue weighted by molar-refractivity contribution is 5.93. The van der Waals surface area contributed by atoms with Crippen LogP contribution in [-0.4, -0.2) is 62.1 Å². The van der Waals surface area contributed by atoms with Crippen LogP contribution in [0.15, 0.2) is 36.4 Å². The van der Waals surface area contributed by atoms with Crippen LogP contribution in [-0.2, 0) is 16.6 Å². The van der Waals surface area contributed by atoms with Gasteiger partial charge in [0, 0.05) is 17.1 Å². The lowest BCUT2D eigenvalue weighted by molar-refractivity contribution is -0.117. The van der Waals surface area contributed by atoms with Crippen molar-refractivity contribution in [1.82, 2.24) is 9.80 Å². The number of benzene rings is 2. The fourth-order valence-corrected chi connectivity index (χ4v) is 7.14. The molecule has 1 amide bonds. The number of carbonyl (C=O) groups excluding carboxylic acids is 1. The Hall–Kier alpha value is -2.37. The molecular weight excluding hydrogens is 458 g/mol. The summed E-state index contributed by atoms with van der Waals surface area (Å²) < 4.78 is 5.51. The number of hydrogen-bond acceptors (Lipinski definition) is 4. The van der Waals surface area contributed by atoms with E-state index in [0.717, 1.165) is 47.6 Å². The number of rotatable bonds is 6. The molecule has 1 heterocycles. The monoisotopic (exact) mass is 505 g/mol. The first-order chi connectivity index (χ1) is 17.8. The highest BCUT2D eigenvalue weighted by Crippen LogP contribution is 2.55. The predicted molar refractivity (Wildman–Crippen MR) is 154 cm³/mol. The molecule has 1 N–H and O–H groups in total. The standard InChI is InChI=1S/C18H25NO.C14H22N2O/c1-19-10-9-18-8-4-3-5-15(18)17(19)11-13-6-7-14(20-2)12-16(13)18;1-5-16(6-2)10-13(17)15-14-11(3)8-7-9-12(14)4/h6-7,12,15,17H,3-5,8-11H2,1-2H3;7-9H,5-6,10H2,1-4H3,(H,15,17)/t15-,17-,18-;/m1./s1. The lowest BCUT2D eigenvalue weighted by Crippen LogP contribution is -2.59. The minimum atomic E-state index is 0.0612. The third kappa shape index (κ3) is 5.73. The van der Waals surface area contributed by atoms with E-state index in [1.807, 2.05) is 32.0 Å². The average Bonchev–Trinajstić information content (AvgIpc) is 2.91. The zero-order valence-corrected chi connectivity index (χ0v) is 23.9. The summed E-state index contributed by atoms with van der Waals surface area (Å²) in [4.78, 5) is 16.6. The Morgan fingerprint density at radius 1 is 1.11 bits per heavy atom. The summed E-state index contributed by atoms with van der Waals surface area (Å²) in [6.07, 6.45) is 8.22. The Kier molecular flexibility index (Phi) is 8.97. The van der Waals surface area contributed by atoms with Crippen LogP contribution in [0.5, 0.6) is 5.75 Å². The smallest absolute Gasteiger partial charge is 0.238 e. The Morgan fingerprint density at radius 3 is 2.51 bits per heavy atom. The third-order valence-electron chi connectivity index (χ3n) is 9.33. The number of amides is 1. The normalized spacial score (nSPS) is 24.4. The second-order valence-electron chi connectivity index (χ2n) is 11.3. The fraction of sp³-hybridized carbons (Fsp3) is 0.594. The van der Waals surface area contributed by atoms with E-state index in [1.54, 1.807) is 18.2 Å². The van der Waals surface area contributed by atoms with Crippen LogP contribution in [0, 0.1) is 19.8 Å². The fourth-order valence-electron chi connectivity index (χ4n) is 7.14. The van der Waals surface area contributed by atoms with E-state index in [0.29, 0.717) is 12.0 Å². The van der Waals surface area contributed by atoms with Crippen LogP contribution in [0.1, 0.15) is 68.2 Å². The van der Waals surface area contributed by atoms with Gasteiger partial charge in [0.1, 0.15) is 5.75 Å². The van der Waals surface area contributed by atoms with Gasteiger partial charge >= 0.3 is 0 Å². The Bertz CT molecular complexity index is 1060. The molecule has 0 unspecified atom stereocenters. The zero-order valence-electron chi connectivity index (χ0n) is 23.9. The number of likely N-dealkylation sites (tertiary alicyclic amines) is 1. The maximum Gasteiger partial charge on any atom is 0.238 e. The van der Waals surface area contributed by atoms with Gasteiger partial charge in [0.05, 0.1) is 13.7 Å². The van der Waals surface area contributed by atoms with Crippen molar-refractivity contribution < 1.29 is 9.53 Å². The molecule has 5 nitrogen and oxygen atoms in total. The van der Waals surface area contributed by atoms with E-state index < -0.39 is 0 Å². The molecule has 0 radical (unpaired) electrons. The molecule has 202 valence electrons.